The summed E-state index contributed by atoms with van der Waals surface area (Å²) in [6.45, 7) is 2.09. The van der Waals surface area contributed by atoms with Gasteiger partial charge in [-0.2, -0.15) is 0 Å². The fraction of sp³-hybridized carbons (Fsp3) is 0.231. The first-order valence-electron chi connectivity index (χ1n) is 5.39. The van der Waals surface area contributed by atoms with E-state index in [1.165, 1.54) is 0 Å². The van der Waals surface area contributed by atoms with Crippen molar-refractivity contribution in [1.29, 1.82) is 0 Å². The smallest absolute Gasteiger partial charge is 0.186 e. The standard InChI is InChI=1S/C13H12N2O/c1-9-10-4-2-3-5-11(10)13(16)12(9)15-7-6-14-8-15/h2-9,12H,1H3/t9-,12+/m1/s1. The molecule has 3 heteroatoms. The number of carbonyl (C=O) groups excluding carboxylic acids is 1. The lowest BCUT2D eigenvalue weighted by atomic mass is 10.0. The molecule has 2 atom stereocenters. The van der Waals surface area contributed by atoms with Crippen molar-refractivity contribution < 1.29 is 4.79 Å². The highest BCUT2D eigenvalue weighted by Crippen LogP contribution is 2.40. The molecule has 0 saturated heterocycles. The number of ketones is 1. The van der Waals surface area contributed by atoms with Gasteiger partial charge >= 0.3 is 0 Å². The maximum absolute atomic E-state index is 12.3. The second-order valence-electron chi connectivity index (χ2n) is 4.19. The molecule has 1 aromatic heterocycles. The quantitative estimate of drug-likeness (QED) is 0.727. The third-order valence-electron chi connectivity index (χ3n) is 3.31. The first kappa shape index (κ1) is 9.33. The van der Waals surface area contributed by atoms with E-state index in [0.29, 0.717) is 0 Å². The van der Waals surface area contributed by atoms with Crippen LogP contribution in [0.1, 0.15) is 34.8 Å². The van der Waals surface area contributed by atoms with Gasteiger partial charge in [-0.15, -0.1) is 0 Å². The molecule has 0 unspecified atom stereocenters. The third-order valence-corrected chi connectivity index (χ3v) is 3.31. The molecule has 3 rings (SSSR count). The zero-order valence-electron chi connectivity index (χ0n) is 9.00. The van der Waals surface area contributed by atoms with Crippen molar-refractivity contribution in [3.8, 4) is 0 Å². The molecule has 1 aliphatic rings. The molecule has 0 bridgehead atoms. The van der Waals surface area contributed by atoms with E-state index < -0.39 is 0 Å². The molecule has 0 radical (unpaired) electrons. The van der Waals surface area contributed by atoms with Crippen molar-refractivity contribution in [3.63, 3.8) is 0 Å². The Balaban J connectivity index is 2.11. The highest BCUT2D eigenvalue weighted by Gasteiger charge is 2.37. The van der Waals surface area contributed by atoms with Gasteiger partial charge in [0.15, 0.2) is 5.78 Å². The zero-order valence-corrected chi connectivity index (χ0v) is 9.00. The van der Waals surface area contributed by atoms with Gasteiger partial charge in [-0.1, -0.05) is 31.2 Å². The van der Waals surface area contributed by atoms with E-state index >= 15 is 0 Å². The van der Waals surface area contributed by atoms with Crippen LogP contribution in [0.5, 0.6) is 0 Å². The van der Waals surface area contributed by atoms with Crippen LogP contribution >= 0.6 is 0 Å². The summed E-state index contributed by atoms with van der Waals surface area (Å²) in [5.74, 6) is 0.416. The molecule has 0 amide bonds. The summed E-state index contributed by atoms with van der Waals surface area (Å²) in [7, 11) is 0. The van der Waals surface area contributed by atoms with Crippen LogP contribution in [0.2, 0.25) is 0 Å². The third kappa shape index (κ3) is 1.14. The first-order chi connectivity index (χ1) is 7.79. The lowest BCUT2D eigenvalue weighted by Crippen LogP contribution is -2.16. The Labute approximate surface area is 93.7 Å². The molecule has 2 aromatic rings. The molecule has 0 N–H and O–H groups in total. The van der Waals surface area contributed by atoms with Crippen LogP contribution < -0.4 is 0 Å². The lowest BCUT2D eigenvalue weighted by molar-refractivity contribution is 0.0931. The Kier molecular flexibility index (Phi) is 1.93. The van der Waals surface area contributed by atoms with Gasteiger partial charge in [0, 0.05) is 23.9 Å². The number of nitrogens with zero attached hydrogens (tertiary/aromatic N) is 2. The van der Waals surface area contributed by atoms with Crippen LogP contribution in [-0.2, 0) is 0 Å². The minimum absolute atomic E-state index is 0.125. The normalized spacial score (nSPS) is 23.4. The number of imidazole rings is 1. The largest absolute Gasteiger partial charge is 0.326 e. The molecular formula is C13H12N2O. The maximum Gasteiger partial charge on any atom is 0.186 e. The average molecular weight is 212 g/mol. The minimum Gasteiger partial charge on any atom is -0.326 e. The van der Waals surface area contributed by atoms with E-state index in [-0.39, 0.29) is 17.7 Å². The van der Waals surface area contributed by atoms with E-state index in [1.54, 1.807) is 12.5 Å². The van der Waals surface area contributed by atoms with Crippen molar-refractivity contribution in [2.24, 2.45) is 0 Å². The Morgan fingerprint density at radius 1 is 1.31 bits per heavy atom. The molecule has 0 aliphatic heterocycles. The highest BCUT2D eigenvalue weighted by molar-refractivity contribution is 6.04. The summed E-state index contributed by atoms with van der Waals surface area (Å²) in [6, 6.07) is 7.72. The first-order valence-corrected chi connectivity index (χ1v) is 5.39. The predicted molar refractivity (Wildman–Crippen MR) is 60.5 cm³/mol. The summed E-state index contributed by atoms with van der Waals surface area (Å²) in [5, 5.41) is 0. The number of hydrogen-bond acceptors (Lipinski definition) is 2. The van der Waals surface area contributed by atoms with E-state index in [1.807, 2.05) is 35.0 Å². The van der Waals surface area contributed by atoms with Gasteiger partial charge in [0.2, 0.25) is 0 Å². The van der Waals surface area contributed by atoms with Crippen LogP contribution in [0.3, 0.4) is 0 Å². The predicted octanol–water partition coefficient (Wildman–Crippen LogP) is 2.42. The van der Waals surface area contributed by atoms with Crippen LogP contribution in [0.25, 0.3) is 0 Å². The molecule has 1 heterocycles. The van der Waals surface area contributed by atoms with Gasteiger partial charge in [-0.3, -0.25) is 4.79 Å². The second-order valence-corrected chi connectivity index (χ2v) is 4.19. The van der Waals surface area contributed by atoms with Crippen molar-refractivity contribution in [3.05, 3.63) is 54.1 Å². The van der Waals surface area contributed by atoms with Gasteiger partial charge in [-0.25, -0.2) is 4.98 Å². The number of carbonyl (C=O) groups is 1. The summed E-state index contributed by atoms with van der Waals surface area (Å²) in [5.41, 5.74) is 2.00. The Hall–Kier alpha value is -1.90. The summed E-state index contributed by atoms with van der Waals surface area (Å²) in [6.07, 6.45) is 5.28. The van der Waals surface area contributed by atoms with E-state index in [9.17, 15) is 4.79 Å². The number of hydrogen-bond donors (Lipinski definition) is 0. The van der Waals surface area contributed by atoms with Crippen molar-refractivity contribution in [1.82, 2.24) is 9.55 Å². The number of benzene rings is 1. The molecule has 0 saturated carbocycles. The fourth-order valence-electron chi connectivity index (χ4n) is 2.50. The molecule has 3 nitrogen and oxygen atoms in total. The zero-order chi connectivity index (χ0) is 11.1. The number of rotatable bonds is 1. The lowest BCUT2D eigenvalue weighted by Gasteiger charge is -2.15. The highest BCUT2D eigenvalue weighted by atomic mass is 16.1. The monoisotopic (exact) mass is 212 g/mol. The van der Waals surface area contributed by atoms with E-state index in [0.717, 1.165) is 11.1 Å². The molecule has 0 spiro atoms. The van der Waals surface area contributed by atoms with Gasteiger partial charge in [-0.05, 0) is 5.56 Å². The topological polar surface area (TPSA) is 34.9 Å². The molecule has 0 fully saturated rings. The number of Topliss-reactive ketones (excluding diaryl/α,β-unsaturated/α-hetero) is 1. The van der Waals surface area contributed by atoms with Crippen LogP contribution in [0.15, 0.2) is 43.0 Å². The van der Waals surface area contributed by atoms with Crippen LogP contribution in [0.4, 0.5) is 0 Å². The van der Waals surface area contributed by atoms with E-state index in [4.69, 9.17) is 0 Å². The van der Waals surface area contributed by atoms with Crippen molar-refractivity contribution >= 4 is 5.78 Å². The Morgan fingerprint density at radius 2 is 2.12 bits per heavy atom. The summed E-state index contributed by atoms with van der Waals surface area (Å²) >= 11 is 0. The molecule has 80 valence electrons. The van der Waals surface area contributed by atoms with Gasteiger partial charge in [0.1, 0.15) is 6.04 Å². The summed E-state index contributed by atoms with van der Waals surface area (Å²) in [4.78, 5) is 16.3. The Morgan fingerprint density at radius 3 is 2.81 bits per heavy atom. The average Bonchev–Trinajstić information content (AvgIpc) is 2.89. The molecule has 16 heavy (non-hydrogen) atoms. The van der Waals surface area contributed by atoms with Crippen molar-refractivity contribution in [2.45, 2.75) is 18.9 Å². The van der Waals surface area contributed by atoms with Gasteiger partial charge < -0.3 is 4.57 Å². The second kappa shape index (κ2) is 3.30. The summed E-state index contributed by atoms with van der Waals surface area (Å²) < 4.78 is 1.90. The Bertz CT molecular complexity index is 531. The minimum atomic E-state index is -0.125. The number of fused-ring (bicyclic) bond motifs is 1. The molecular weight excluding hydrogens is 200 g/mol. The maximum atomic E-state index is 12.3. The van der Waals surface area contributed by atoms with Gasteiger partial charge in [0.25, 0.3) is 0 Å². The van der Waals surface area contributed by atoms with Crippen molar-refractivity contribution in [2.75, 3.05) is 0 Å². The SMILES string of the molecule is C[C@@H]1c2ccccc2C(=O)[C@H]1n1ccnc1. The van der Waals surface area contributed by atoms with E-state index in [2.05, 4.69) is 11.9 Å². The molecule has 1 aromatic carbocycles. The fourth-order valence-corrected chi connectivity index (χ4v) is 2.50. The molecule has 1 aliphatic carbocycles. The van der Waals surface area contributed by atoms with Crippen LogP contribution in [0, 0.1) is 0 Å². The van der Waals surface area contributed by atoms with Gasteiger partial charge in [0.05, 0.1) is 6.33 Å². The van der Waals surface area contributed by atoms with Crippen LogP contribution in [-0.4, -0.2) is 15.3 Å². The number of aromatic nitrogens is 2.